The number of benzene rings is 2. The average molecular weight is 535 g/mol. The van der Waals surface area contributed by atoms with E-state index in [1.807, 2.05) is 24.3 Å². The highest BCUT2D eigenvalue weighted by molar-refractivity contribution is 14.0. The summed E-state index contributed by atoms with van der Waals surface area (Å²) in [6, 6.07) is 14.4. The third-order valence-corrected chi connectivity index (χ3v) is 5.33. The molecule has 3 rings (SSSR count). The Morgan fingerprint density at radius 1 is 1.10 bits per heavy atom. The van der Waals surface area contributed by atoms with E-state index in [2.05, 4.69) is 47.7 Å². The zero-order valence-corrected chi connectivity index (χ0v) is 21.3. The molecule has 0 radical (unpaired) electrons. The van der Waals surface area contributed by atoms with Gasteiger partial charge in [-0.1, -0.05) is 24.3 Å². The zero-order valence-electron chi connectivity index (χ0n) is 18.9. The van der Waals surface area contributed by atoms with Gasteiger partial charge in [0.1, 0.15) is 0 Å². The van der Waals surface area contributed by atoms with Gasteiger partial charge in [0.15, 0.2) is 5.96 Å². The van der Waals surface area contributed by atoms with Gasteiger partial charge in [-0.25, -0.2) is 4.99 Å². The number of aryl methyl sites for hydroxylation is 1. The Kier molecular flexibility index (Phi) is 9.61. The lowest BCUT2D eigenvalue weighted by atomic mass is 10.00. The summed E-state index contributed by atoms with van der Waals surface area (Å²) in [4.78, 5) is 20.7. The van der Waals surface area contributed by atoms with Gasteiger partial charge in [-0.2, -0.15) is 0 Å². The Morgan fingerprint density at radius 3 is 2.48 bits per heavy atom. The van der Waals surface area contributed by atoms with Crippen LogP contribution in [0.3, 0.4) is 0 Å². The number of nitrogens with one attached hydrogen (secondary N) is 2. The Labute approximate surface area is 203 Å². The molecule has 2 aromatic rings. The molecule has 6 nitrogen and oxygen atoms in total. The summed E-state index contributed by atoms with van der Waals surface area (Å²) < 4.78 is 0. The van der Waals surface area contributed by atoms with Crippen LogP contribution < -0.4 is 15.5 Å². The quantitative estimate of drug-likeness (QED) is 0.337. The standard InChI is InChI=1S/C24H33N5O.HI/c1-5-25-24(26-16-18-8-11-20(12-9-18)23(30)28(2)3)27-17-19-10-13-22-21(15-19)7-6-14-29(22)4;/h8-13,15H,5-7,14,16-17H2,1-4H3,(H2,25,26,27);1H. The Hall–Kier alpha value is -2.29. The molecule has 0 aliphatic carbocycles. The van der Waals surface area contributed by atoms with Crippen LogP contribution >= 0.6 is 24.0 Å². The second kappa shape index (κ2) is 11.9. The molecule has 2 aromatic carbocycles. The average Bonchev–Trinajstić information content (AvgIpc) is 2.75. The number of guanidine groups is 1. The molecule has 168 valence electrons. The lowest BCUT2D eigenvalue weighted by Crippen LogP contribution is -2.36. The molecule has 1 aliphatic rings. The van der Waals surface area contributed by atoms with Gasteiger partial charge in [0.2, 0.25) is 0 Å². The summed E-state index contributed by atoms with van der Waals surface area (Å²) in [6.45, 7) is 5.29. The summed E-state index contributed by atoms with van der Waals surface area (Å²) in [5.41, 5.74) is 5.79. The van der Waals surface area contributed by atoms with E-state index in [-0.39, 0.29) is 29.9 Å². The Bertz CT molecular complexity index is 895. The van der Waals surface area contributed by atoms with Crippen LogP contribution in [-0.4, -0.2) is 51.0 Å². The highest BCUT2D eigenvalue weighted by Gasteiger charge is 2.13. The fraction of sp³-hybridized carbons (Fsp3) is 0.417. The van der Waals surface area contributed by atoms with Gasteiger partial charge in [-0.3, -0.25) is 4.79 Å². The number of nitrogens with zero attached hydrogens (tertiary/aromatic N) is 3. The molecule has 0 bridgehead atoms. The minimum Gasteiger partial charge on any atom is -0.374 e. The van der Waals surface area contributed by atoms with E-state index in [1.165, 1.54) is 23.2 Å². The van der Waals surface area contributed by atoms with Crippen LogP contribution in [0.2, 0.25) is 0 Å². The van der Waals surface area contributed by atoms with Gasteiger partial charge in [-0.15, -0.1) is 24.0 Å². The molecule has 0 saturated carbocycles. The maximum atomic E-state index is 12.0. The number of fused-ring (bicyclic) bond motifs is 1. The number of aliphatic imine (C=N–C) groups is 1. The third kappa shape index (κ3) is 6.85. The highest BCUT2D eigenvalue weighted by atomic mass is 127. The molecule has 7 heteroatoms. The van der Waals surface area contributed by atoms with Crippen LogP contribution in [0.15, 0.2) is 47.5 Å². The summed E-state index contributed by atoms with van der Waals surface area (Å²) in [7, 11) is 5.68. The third-order valence-electron chi connectivity index (χ3n) is 5.33. The molecular weight excluding hydrogens is 501 g/mol. The second-order valence-electron chi connectivity index (χ2n) is 7.93. The minimum atomic E-state index is 0. The number of halogens is 1. The first-order valence-corrected chi connectivity index (χ1v) is 10.6. The van der Waals surface area contributed by atoms with E-state index < -0.39 is 0 Å². The summed E-state index contributed by atoms with van der Waals surface area (Å²) in [6.07, 6.45) is 2.35. The molecule has 0 atom stereocenters. The number of amides is 1. The monoisotopic (exact) mass is 535 g/mol. The van der Waals surface area contributed by atoms with E-state index in [0.717, 1.165) is 31.0 Å². The van der Waals surface area contributed by atoms with Crippen molar-refractivity contribution in [2.45, 2.75) is 32.9 Å². The number of hydrogen-bond donors (Lipinski definition) is 2. The van der Waals surface area contributed by atoms with Gasteiger partial charge in [0.25, 0.3) is 5.91 Å². The van der Waals surface area contributed by atoms with Crippen molar-refractivity contribution in [3.05, 3.63) is 64.7 Å². The fourth-order valence-electron chi connectivity index (χ4n) is 3.66. The van der Waals surface area contributed by atoms with E-state index in [4.69, 9.17) is 4.99 Å². The predicted molar refractivity (Wildman–Crippen MR) is 140 cm³/mol. The van der Waals surface area contributed by atoms with Crippen molar-refractivity contribution in [2.75, 3.05) is 39.1 Å². The molecule has 1 heterocycles. The van der Waals surface area contributed by atoms with Crippen molar-refractivity contribution in [1.29, 1.82) is 0 Å². The molecule has 0 spiro atoms. The molecule has 1 amide bonds. The van der Waals surface area contributed by atoms with E-state index >= 15 is 0 Å². The van der Waals surface area contributed by atoms with Crippen molar-refractivity contribution >= 4 is 41.5 Å². The molecule has 0 saturated heterocycles. The molecule has 0 aromatic heterocycles. The van der Waals surface area contributed by atoms with Crippen molar-refractivity contribution in [1.82, 2.24) is 15.5 Å². The van der Waals surface area contributed by atoms with Gasteiger partial charge in [0.05, 0.1) is 6.54 Å². The minimum absolute atomic E-state index is 0. The summed E-state index contributed by atoms with van der Waals surface area (Å²) in [5, 5.41) is 6.69. The first-order valence-electron chi connectivity index (χ1n) is 10.6. The Morgan fingerprint density at radius 2 is 1.81 bits per heavy atom. The van der Waals surface area contributed by atoms with Gasteiger partial charge >= 0.3 is 0 Å². The highest BCUT2D eigenvalue weighted by Crippen LogP contribution is 2.26. The SMILES string of the molecule is CCNC(=NCc1ccc2c(c1)CCCN2C)NCc1ccc(C(=O)N(C)C)cc1.I. The van der Waals surface area contributed by atoms with Crippen LogP contribution in [0.4, 0.5) is 5.69 Å². The summed E-state index contributed by atoms with van der Waals surface area (Å²) >= 11 is 0. The lowest BCUT2D eigenvalue weighted by molar-refractivity contribution is 0.0827. The zero-order chi connectivity index (χ0) is 21.5. The topological polar surface area (TPSA) is 60.0 Å². The van der Waals surface area contributed by atoms with Crippen LogP contribution in [0, 0.1) is 0 Å². The fourth-order valence-corrected chi connectivity index (χ4v) is 3.66. The largest absolute Gasteiger partial charge is 0.374 e. The molecule has 0 fully saturated rings. The normalized spacial score (nSPS) is 13.2. The number of carbonyl (C=O) groups is 1. The molecule has 1 aliphatic heterocycles. The van der Waals surface area contributed by atoms with Crippen LogP contribution in [0.5, 0.6) is 0 Å². The maximum absolute atomic E-state index is 12.0. The first-order chi connectivity index (χ1) is 14.5. The van der Waals surface area contributed by atoms with Crippen LogP contribution in [0.25, 0.3) is 0 Å². The smallest absolute Gasteiger partial charge is 0.253 e. The lowest BCUT2D eigenvalue weighted by Gasteiger charge is -2.27. The van der Waals surface area contributed by atoms with Crippen molar-refractivity contribution in [3.8, 4) is 0 Å². The van der Waals surface area contributed by atoms with Crippen molar-refractivity contribution in [3.63, 3.8) is 0 Å². The van der Waals surface area contributed by atoms with Crippen molar-refractivity contribution < 1.29 is 4.79 Å². The molecule has 2 N–H and O–H groups in total. The van der Waals surface area contributed by atoms with Gasteiger partial charge in [0, 0.05) is 52.0 Å². The predicted octanol–water partition coefficient (Wildman–Crippen LogP) is 3.64. The molecule has 31 heavy (non-hydrogen) atoms. The van der Waals surface area contributed by atoms with E-state index in [1.54, 1.807) is 19.0 Å². The molecule has 0 unspecified atom stereocenters. The number of anilines is 1. The number of hydrogen-bond acceptors (Lipinski definition) is 3. The summed E-state index contributed by atoms with van der Waals surface area (Å²) in [5.74, 6) is 0.807. The van der Waals surface area contributed by atoms with Crippen LogP contribution in [0.1, 0.15) is 40.4 Å². The van der Waals surface area contributed by atoms with Gasteiger partial charge < -0.3 is 20.4 Å². The maximum Gasteiger partial charge on any atom is 0.253 e. The second-order valence-corrected chi connectivity index (χ2v) is 7.93. The Balaban J connectivity index is 0.00000341. The number of rotatable bonds is 6. The van der Waals surface area contributed by atoms with E-state index in [0.29, 0.717) is 18.7 Å². The van der Waals surface area contributed by atoms with Crippen molar-refractivity contribution in [2.24, 2.45) is 4.99 Å². The van der Waals surface area contributed by atoms with Gasteiger partial charge in [-0.05, 0) is 54.7 Å². The van der Waals surface area contributed by atoms with E-state index in [9.17, 15) is 4.79 Å². The number of carbonyl (C=O) groups excluding carboxylic acids is 1. The molecular formula is C24H34IN5O. The first kappa shape index (κ1) is 25.0. The van der Waals surface area contributed by atoms with Crippen LogP contribution in [-0.2, 0) is 19.5 Å².